The summed E-state index contributed by atoms with van der Waals surface area (Å²) < 4.78 is 0. The molecule has 6 aliphatic rings. The van der Waals surface area contributed by atoms with Crippen LogP contribution in [0.15, 0.2) is 84.5 Å². The highest BCUT2D eigenvalue weighted by molar-refractivity contribution is 6.43. The summed E-state index contributed by atoms with van der Waals surface area (Å²) in [5.41, 5.74) is 3.59. The molecule has 6 nitrogen and oxygen atoms in total. The van der Waals surface area contributed by atoms with E-state index in [-0.39, 0.29) is 33.7 Å². The summed E-state index contributed by atoms with van der Waals surface area (Å²) in [5.74, 6) is -5.21. The molecular weight excluding hydrogens is 642 g/mol. The fraction of sp³-hybridized carbons (Fsp3) is 0.235. The van der Waals surface area contributed by atoms with Crippen LogP contribution >= 0.6 is 46.4 Å². The molecule has 2 bridgehead atoms. The van der Waals surface area contributed by atoms with Gasteiger partial charge in [0.25, 0.3) is 0 Å². The van der Waals surface area contributed by atoms with Crippen LogP contribution in [0.25, 0.3) is 5.57 Å². The van der Waals surface area contributed by atoms with Gasteiger partial charge in [-0.1, -0.05) is 94.5 Å². The number of anilines is 2. The van der Waals surface area contributed by atoms with Crippen molar-refractivity contribution in [3.05, 3.63) is 110 Å². The van der Waals surface area contributed by atoms with Gasteiger partial charge < -0.3 is 0 Å². The lowest BCUT2D eigenvalue weighted by Gasteiger charge is -2.51. The zero-order chi connectivity index (χ0) is 30.6. The molecule has 4 amide bonds. The molecule has 0 N–H and O–H groups in total. The maximum Gasteiger partial charge on any atom is 0.238 e. The summed E-state index contributed by atoms with van der Waals surface area (Å²) in [7, 11) is 0. The lowest BCUT2D eigenvalue weighted by Crippen LogP contribution is -2.51. The summed E-state index contributed by atoms with van der Waals surface area (Å²) in [6, 6.07) is 19.2. The number of carbonyl (C=O) groups is 4. The first-order valence-electron chi connectivity index (χ1n) is 14.3. The molecule has 2 aliphatic heterocycles. The zero-order valence-corrected chi connectivity index (χ0v) is 25.8. The van der Waals surface area contributed by atoms with E-state index in [0.29, 0.717) is 27.8 Å². The van der Waals surface area contributed by atoms with Gasteiger partial charge in [-0.2, -0.15) is 0 Å². The van der Waals surface area contributed by atoms with E-state index in [4.69, 9.17) is 46.4 Å². The van der Waals surface area contributed by atoms with E-state index in [9.17, 15) is 19.2 Å². The van der Waals surface area contributed by atoms with Gasteiger partial charge in [0.15, 0.2) is 0 Å². The van der Waals surface area contributed by atoms with E-state index in [1.54, 1.807) is 24.3 Å². The Morgan fingerprint density at radius 3 is 1.75 bits per heavy atom. The van der Waals surface area contributed by atoms with Gasteiger partial charge in [0.05, 0.1) is 55.1 Å². The molecule has 0 spiro atoms. The fourth-order valence-corrected chi connectivity index (χ4v) is 8.86. The number of benzene rings is 3. The van der Waals surface area contributed by atoms with Crippen molar-refractivity contribution in [1.82, 2.24) is 0 Å². The number of nitrogens with zero attached hydrogens (tertiary/aromatic N) is 2. The molecule has 10 heteroatoms. The van der Waals surface area contributed by atoms with Crippen LogP contribution in [0, 0.1) is 41.4 Å². The Balaban J connectivity index is 1.28. The largest absolute Gasteiger partial charge is 0.274 e. The Labute approximate surface area is 272 Å². The smallest absolute Gasteiger partial charge is 0.238 e. The van der Waals surface area contributed by atoms with Crippen LogP contribution in [0.2, 0.25) is 20.1 Å². The van der Waals surface area contributed by atoms with Crippen LogP contribution in [0.4, 0.5) is 11.4 Å². The number of halogens is 4. The second-order valence-corrected chi connectivity index (χ2v) is 13.6. The summed E-state index contributed by atoms with van der Waals surface area (Å²) in [6.45, 7) is 0. The number of rotatable bonds is 3. The number of carbonyl (C=O) groups excluding carboxylic acids is 4. The lowest BCUT2D eigenvalue weighted by atomic mass is 9.49. The van der Waals surface area contributed by atoms with Crippen molar-refractivity contribution in [3.8, 4) is 0 Å². The summed E-state index contributed by atoms with van der Waals surface area (Å²) in [6.07, 6.45) is 4.34. The molecule has 3 fully saturated rings. The molecule has 44 heavy (non-hydrogen) atoms. The Morgan fingerprint density at radius 2 is 1.14 bits per heavy atom. The van der Waals surface area contributed by atoms with Crippen molar-refractivity contribution in [3.63, 3.8) is 0 Å². The van der Waals surface area contributed by atoms with Gasteiger partial charge in [0.2, 0.25) is 23.6 Å². The molecule has 4 aliphatic carbocycles. The topological polar surface area (TPSA) is 74.8 Å². The third-order valence-corrected chi connectivity index (χ3v) is 11.4. The Morgan fingerprint density at radius 1 is 0.568 bits per heavy atom. The van der Waals surface area contributed by atoms with Crippen molar-refractivity contribution < 1.29 is 19.2 Å². The van der Waals surface area contributed by atoms with Crippen molar-refractivity contribution in [2.75, 3.05) is 9.80 Å². The molecule has 7 atom stereocenters. The van der Waals surface area contributed by atoms with Crippen LogP contribution < -0.4 is 9.80 Å². The van der Waals surface area contributed by atoms with Gasteiger partial charge in [-0.25, -0.2) is 9.80 Å². The van der Waals surface area contributed by atoms with E-state index in [0.717, 1.165) is 16.7 Å². The molecule has 0 radical (unpaired) electrons. The number of hydrogen-bond acceptors (Lipinski definition) is 4. The number of hydrogen-bond donors (Lipinski definition) is 0. The first kappa shape index (κ1) is 28.1. The molecule has 9 rings (SSSR count). The Hall–Kier alpha value is -3.42. The number of fused-ring (bicyclic) bond motifs is 1. The molecule has 1 saturated carbocycles. The molecule has 3 aromatic rings. The van der Waals surface area contributed by atoms with Crippen LogP contribution in [-0.4, -0.2) is 23.6 Å². The van der Waals surface area contributed by atoms with E-state index < -0.39 is 41.4 Å². The maximum atomic E-state index is 14.3. The Bertz CT molecular complexity index is 1890. The summed E-state index contributed by atoms with van der Waals surface area (Å²) >= 11 is 24.8. The second kappa shape index (κ2) is 10.0. The van der Waals surface area contributed by atoms with Gasteiger partial charge in [0, 0.05) is 11.8 Å². The van der Waals surface area contributed by atoms with Gasteiger partial charge in [0.1, 0.15) is 0 Å². The molecular formula is C34H22Cl4N2O4. The number of amides is 4. The minimum atomic E-state index is -0.695. The third kappa shape index (κ3) is 3.81. The number of allylic oxidation sites excluding steroid dienone is 4. The number of imide groups is 2. The third-order valence-electron chi connectivity index (χ3n) is 9.95. The van der Waals surface area contributed by atoms with E-state index >= 15 is 0 Å². The monoisotopic (exact) mass is 662 g/mol. The van der Waals surface area contributed by atoms with Gasteiger partial charge in [-0.15, -0.1) is 0 Å². The highest BCUT2D eigenvalue weighted by Crippen LogP contribution is 2.63. The Kier molecular flexibility index (Phi) is 6.41. The van der Waals surface area contributed by atoms with Crippen LogP contribution in [-0.2, 0) is 19.2 Å². The standard InChI is InChI=1S/C34H22Cl4N2O4/c35-22-10-6-16(12-24(22)37)39-31(41)21-14-20(15-4-2-1-3-5-15)26-18-8-9-19(27(26)30(21)34(39)44)29-28(18)32(42)40(33(29)43)17-7-11-23(36)25(38)13-17/h1-13,18-19,21,27-30H,14H2/t18-,19+,21-,27+,28-,29-,30+/m1/s1. The van der Waals surface area contributed by atoms with E-state index in [1.807, 2.05) is 42.5 Å². The van der Waals surface area contributed by atoms with E-state index in [2.05, 4.69) is 0 Å². The molecule has 3 aromatic carbocycles. The first-order valence-corrected chi connectivity index (χ1v) is 15.8. The second-order valence-electron chi connectivity index (χ2n) is 11.9. The highest BCUT2D eigenvalue weighted by atomic mass is 35.5. The molecule has 220 valence electrons. The zero-order valence-electron chi connectivity index (χ0n) is 22.8. The molecule has 2 heterocycles. The maximum absolute atomic E-state index is 14.3. The van der Waals surface area contributed by atoms with Crippen molar-refractivity contribution in [2.45, 2.75) is 6.42 Å². The van der Waals surface area contributed by atoms with Crippen molar-refractivity contribution in [1.29, 1.82) is 0 Å². The van der Waals surface area contributed by atoms with Crippen LogP contribution in [0.5, 0.6) is 0 Å². The van der Waals surface area contributed by atoms with Gasteiger partial charge in [-0.05, 0) is 59.9 Å². The van der Waals surface area contributed by atoms with Gasteiger partial charge in [-0.3, -0.25) is 19.2 Å². The normalized spacial score (nSPS) is 30.3. The fourth-order valence-electron chi connectivity index (χ4n) is 8.27. The molecule has 0 aromatic heterocycles. The average Bonchev–Trinajstić information content (AvgIpc) is 3.45. The minimum absolute atomic E-state index is 0.239. The highest BCUT2D eigenvalue weighted by Gasteiger charge is 2.67. The van der Waals surface area contributed by atoms with Crippen LogP contribution in [0.1, 0.15) is 12.0 Å². The minimum Gasteiger partial charge on any atom is -0.274 e. The summed E-state index contributed by atoms with van der Waals surface area (Å²) in [5, 5.41) is 1.12. The SMILES string of the molecule is O=C1[C@@H]2[C@H]3C=C[C@H](C4=C(c5ccccc5)C[C@H]5C(=O)N(c6ccc(Cl)c(Cl)c6)C(=O)[C@@H]5[C@H]43)[C@H]2C(=O)N1c1ccc(Cl)c(Cl)c1. The molecule has 0 unspecified atom stereocenters. The summed E-state index contributed by atoms with van der Waals surface area (Å²) in [4.78, 5) is 59.1. The lowest BCUT2D eigenvalue weighted by molar-refractivity contribution is -0.129. The quantitative estimate of drug-likeness (QED) is 0.215. The average molecular weight is 664 g/mol. The van der Waals surface area contributed by atoms with Gasteiger partial charge >= 0.3 is 0 Å². The first-order chi connectivity index (χ1) is 21.2. The van der Waals surface area contributed by atoms with Crippen LogP contribution in [0.3, 0.4) is 0 Å². The predicted molar refractivity (Wildman–Crippen MR) is 169 cm³/mol. The van der Waals surface area contributed by atoms with E-state index in [1.165, 1.54) is 21.9 Å². The van der Waals surface area contributed by atoms with Crippen molar-refractivity contribution in [2.24, 2.45) is 41.4 Å². The van der Waals surface area contributed by atoms with Crippen molar-refractivity contribution >= 4 is 87.0 Å². The predicted octanol–water partition coefficient (Wildman–Crippen LogP) is 7.50. The molecule has 2 saturated heterocycles.